The van der Waals surface area contributed by atoms with Gasteiger partial charge in [-0.25, -0.2) is 4.37 Å². The van der Waals surface area contributed by atoms with Crippen LogP contribution >= 0.6 is 11.5 Å². The quantitative estimate of drug-likeness (QED) is 0.896. The minimum Gasteiger partial charge on any atom is -0.391 e. The van der Waals surface area contributed by atoms with E-state index < -0.39 is 0 Å². The predicted molar refractivity (Wildman–Crippen MR) is 70.1 cm³/mol. The van der Waals surface area contributed by atoms with Crippen LogP contribution in [0.1, 0.15) is 35.6 Å². The predicted octanol–water partition coefficient (Wildman–Crippen LogP) is 3.57. The topological polar surface area (TPSA) is 33.1 Å². The molecule has 0 atom stereocenters. The third kappa shape index (κ3) is 2.01. The molecule has 1 saturated carbocycles. The Kier molecular flexibility index (Phi) is 2.95. The number of benzene rings is 1. The summed E-state index contributed by atoms with van der Waals surface area (Å²) in [6.07, 6.45) is 5.85. The Morgan fingerprint density at radius 1 is 1.35 bits per heavy atom. The minimum absolute atomic E-state index is 0.0770. The van der Waals surface area contributed by atoms with Crippen molar-refractivity contribution in [3.8, 4) is 11.1 Å². The molecule has 1 heterocycles. The maximum absolute atomic E-state index is 9.27. The standard InChI is InChI=1S/C14H15NOS/c16-9-14-13(8-15-17-14)12-6-2-5-11(7-12)10-3-1-4-10/h2,5-8,10,16H,1,3-4,9H2. The summed E-state index contributed by atoms with van der Waals surface area (Å²) in [7, 11) is 0. The highest BCUT2D eigenvalue weighted by atomic mass is 32.1. The second-order valence-electron chi connectivity index (χ2n) is 4.57. The summed E-state index contributed by atoms with van der Waals surface area (Å²) in [4.78, 5) is 0.954. The molecule has 1 N–H and O–H groups in total. The van der Waals surface area contributed by atoms with E-state index in [0.717, 1.165) is 16.4 Å². The lowest BCUT2D eigenvalue weighted by atomic mass is 9.79. The molecule has 2 aromatic rings. The smallest absolute Gasteiger partial charge is 0.0796 e. The molecule has 0 saturated heterocycles. The van der Waals surface area contributed by atoms with Crippen LogP contribution in [0.5, 0.6) is 0 Å². The summed E-state index contributed by atoms with van der Waals surface area (Å²) in [6.45, 7) is 0.0770. The van der Waals surface area contributed by atoms with E-state index in [1.54, 1.807) is 0 Å². The molecule has 0 radical (unpaired) electrons. The molecule has 0 bridgehead atoms. The van der Waals surface area contributed by atoms with Crippen molar-refractivity contribution in [1.82, 2.24) is 4.37 Å². The van der Waals surface area contributed by atoms with E-state index in [-0.39, 0.29) is 6.61 Å². The van der Waals surface area contributed by atoms with E-state index in [1.165, 1.54) is 41.9 Å². The Bertz CT molecular complexity index is 516. The van der Waals surface area contributed by atoms with Crippen LogP contribution in [0.3, 0.4) is 0 Å². The molecule has 3 heteroatoms. The lowest BCUT2D eigenvalue weighted by molar-refractivity contribution is 0.286. The van der Waals surface area contributed by atoms with E-state index in [4.69, 9.17) is 0 Å². The van der Waals surface area contributed by atoms with Crippen LogP contribution < -0.4 is 0 Å². The largest absolute Gasteiger partial charge is 0.391 e. The summed E-state index contributed by atoms with van der Waals surface area (Å²) in [6, 6.07) is 8.69. The number of aliphatic hydroxyl groups is 1. The number of nitrogens with zero attached hydrogens (tertiary/aromatic N) is 1. The van der Waals surface area contributed by atoms with Crippen LogP contribution in [0.15, 0.2) is 30.5 Å². The molecule has 0 unspecified atom stereocenters. The zero-order valence-electron chi connectivity index (χ0n) is 9.60. The van der Waals surface area contributed by atoms with Gasteiger partial charge in [-0.2, -0.15) is 0 Å². The molecule has 88 valence electrons. The van der Waals surface area contributed by atoms with Gasteiger partial charge in [-0.1, -0.05) is 30.7 Å². The van der Waals surface area contributed by atoms with Crippen molar-refractivity contribution in [3.63, 3.8) is 0 Å². The third-order valence-corrected chi connectivity index (χ3v) is 4.34. The van der Waals surface area contributed by atoms with Crippen molar-refractivity contribution in [2.75, 3.05) is 0 Å². The normalized spacial score (nSPS) is 15.8. The molecule has 0 amide bonds. The highest BCUT2D eigenvalue weighted by Gasteiger charge is 2.19. The van der Waals surface area contributed by atoms with Crippen molar-refractivity contribution in [3.05, 3.63) is 40.9 Å². The van der Waals surface area contributed by atoms with Gasteiger partial charge in [0.2, 0.25) is 0 Å². The van der Waals surface area contributed by atoms with Crippen molar-refractivity contribution in [1.29, 1.82) is 0 Å². The van der Waals surface area contributed by atoms with Gasteiger partial charge < -0.3 is 5.11 Å². The van der Waals surface area contributed by atoms with E-state index in [2.05, 4.69) is 28.6 Å². The molecule has 0 spiro atoms. The van der Waals surface area contributed by atoms with Gasteiger partial charge >= 0.3 is 0 Å². The molecule has 1 aromatic heterocycles. The van der Waals surface area contributed by atoms with E-state index in [9.17, 15) is 5.11 Å². The van der Waals surface area contributed by atoms with Gasteiger partial charge in [-0.3, -0.25) is 0 Å². The number of hydrogen-bond donors (Lipinski definition) is 1. The monoisotopic (exact) mass is 245 g/mol. The summed E-state index contributed by atoms with van der Waals surface area (Å²) in [5.74, 6) is 0.749. The Morgan fingerprint density at radius 2 is 2.24 bits per heavy atom. The first kappa shape index (κ1) is 10.9. The minimum atomic E-state index is 0.0770. The average molecular weight is 245 g/mol. The molecule has 1 aliphatic rings. The number of hydrogen-bond acceptors (Lipinski definition) is 3. The first-order valence-corrected chi connectivity index (χ1v) is 6.80. The van der Waals surface area contributed by atoms with Crippen LogP contribution in [0, 0.1) is 0 Å². The SMILES string of the molecule is OCc1sncc1-c1cccc(C2CCC2)c1. The Hall–Kier alpha value is -1.19. The highest BCUT2D eigenvalue weighted by molar-refractivity contribution is 7.06. The summed E-state index contributed by atoms with van der Waals surface area (Å²) in [5, 5.41) is 9.27. The molecular weight excluding hydrogens is 230 g/mol. The molecule has 2 nitrogen and oxygen atoms in total. The van der Waals surface area contributed by atoms with Crippen molar-refractivity contribution in [2.24, 2.45) is 0 Å². The lowest BCUT2D eigenvalue weighted by Crippen LogP contribution is -2.08. The summed E-state index contributed by atoms with van der Waals surface area (Å²) >= 11 is 1.38. The van der Waals surface area contributed by atoms with Crippen LogP contribution in [0.25, 0.3) is 11.1 Å². The van der Waals surface area contributed by atoms with Gasteiger partial charge in [0.25, 0.3) is 0 Å². The molecular formula is C14H15NOS. The van der Waals surface area contributed by atoms with Crippen LogP contribution in [-0.2, 0) is 6.61 Å². The van der Waals surface area contributed by atoms with Crippen LogP contribution in [0.4, 0.5) is 0 Å². The summed E-state index contributed by atoms with van der Waals surface area (Å²) < 4.78 is 4.16. The zero-order valence-corrected chi connectivity index (χ0v) is 10.4. The van der Waals surface area contributed by atoms with Gasteiger partial charge in [0, 0.05) is 11.8 Å². The van der Waals surface area contributed by atoms with Gasteiger partial charge in [-0.05, 0) is 41.4 Å². The first-order valence-electron chi connectivity index (χ1n) is 6.03. The molecule has 1 aliphatic carbocycles. The van der Waals surface area contributed by atoms with Crippen molar-refractivity contribution in [2.45, 2.75) is 31.8 Å². The molecule has 1 aromatic carbocycles. The fourth-order valence-corrected chi connectivity index (χ4v) is 2.93. The highest BCUT2D eigenvalue weighted by Crippen LogP contribution is 2.38. The van der Waals surface area contributed by atoms with Crippen LogP contribution in [-0.4, -0.2) is 9.48 Å². The Morgan fingerprint density at radius 3 is 2.94 bits per heavy atom. The molecule has 3 rings (SSSR count). The molecule has 17 heavy (non-hydrogen) atoms. The molecule has 0 aliphatic heterocycles. The summed E-state index contributed by atoms with van der Waals surface area (Å²) in [5.41, 5.74) is 3.70. The van der Waals surface area contributed by atoms with E-state index in [1.807, 2.05) is 6.20 Å². The maximum Gasteiger partial charge on any atom is 0.0796 e. The van der Waals surface area contributed by atoms with Gasteiger partial charge in [0.05, 0.1) is 11.5 Å². The second-order valence-corrected chi connectivity index (χ2v) is 5.46. The lowest BCUT2D eigenvalue weighted by Gasteiger charge is -2.26. The number of rotatable bonds is 3. The van der Waals surface area contributed by atoms with Gasteiger partial charge in [0.15, 0.2) is 0 Å². The maximum atomic E-state index is 9.27. The van der Waals surface area contributed by atoms with Gasteiger partial charge in [-0.15, -0.1) is 0 Å². The molecule has 1 fully saturated rings. The van der Waals surface area contributed by atoms with Crippen LogP contribution in [0.2, 0.25) is 0 Å². The van der Waals surface area contributed by atoms with E-state index in [0.29, 0.717) is 0 Å². The number of aliphatic hydroxyl groups excluding tert-OH is 1. The Balaban J connectivity index is 1.97. The first-order chi connectivity index (χ1) is 8.38. The second kappa shape index (κ2) is 4.59. The van der Waals surface area contributed by atoms with Crippen molar-refractivity contribution >= 4 is 11.5 Å². The van der Waals surface area contributed by atoms with Gasteiger partial charge in [0.1, 0.15) is 0 Å². The number of aromatic nitrogens is 1. The average Bonchev–Trinajstić information content (AvgIpc) is 2.75. The fourth-order valence-electron chi connectivity index (χ4n) is 2.32. The van der Waals surface area contributed by atoms with E-state index >= 15 is 0 Å². The Labute approximate surface area is 105 Å². The third-order valence-electron chi connectivity index (χ3n) is 3.56. The zero-order chi connectivity index (χ0) is 11.7. The van der Waals surface area contributed by atoms with Crippen molar-refractivity contribution < 1.29 is 5.11 Å². The fraction of sp³-hybridized carbons (Fsp3) is 0.357.